The average Bonchev–Trinajstić information content (AvgIpc) is 3.17. The van der Waals surface area contributed by atoms with Gasteiger partial charge in [0.1, 0.15) is 5.82 Å². The summed E-state index contributed by atoms with van der Waals surface area (Å²) in [4.78, 5) is 26.8. The fraction of sp³-hybridized carbons (Fsp3) is 0.182. The first-order valence-corrected chi connectivity index (χ1v) is 9.96. The second-order valence-corrected chi connectivity index (χ2v) is 7.68. The Morgan fingerprint density at radius 3 is 2.57 bits per heavy atom. The highest BCUT2D eigenvalue weighted by molar-refractivity contribution is 8.18. The summed E-state index contributed by atoms with van der Waals surface area (Å²) in [5.74, 6) is -0.659. The molecule has 3 aromatic rings. The van der Waals surface area contributed by atoms with E-state index in [0.717, 1.165) is 41.2 Å². The third-order valence-electron chi connectivity index (χ3n) is 4.70. The number of aromatic nitrogens is 1. The molecule has 6 heteroatoms. The van der Waals surface area contributed by atoms with Gasteiger partial charge in [-0.3, -0.25) is 14.5 Å². The zero-order valence-corrected chi connectivity index (χ0v) is 16.2. The van der Waals surface area contributed by atoms with Crippen molar-refractivity contribution in [3.63, 3.8) is 0 Å². The molecule has 4 nitrogen and oxygen atoms in total. The van der Waals surface area contributed by atoms with Gasteiger partial charge in [-0.05, 0) is 48.0 Å². The molecule has 1 aliphatic rings. The Hall–Kier alpha value is -2.86. The minimum Gasteiger partial charge on any atom is -0.347 e. The lowest BCUT2D eigenvalue weighted by Gasteiger charge is -2.12. The highest BCUT2D eigenvalue weighted by Gasteiger charge is 2.35. The summed E-state index contributed by atoms with van der Waals surface area (Å²) in [6.07, 6.45) is 4.83. The predicted molar refractivity (Wildman–Crippen MR) is 110 cm³/mol. The smallest absolute Gasteiger partial charge is 0.293 e. The van der Waals surface area contributed by atoms with E-state index in [1.165, 1.54) is 17.0 Å². The molecule has 0 bridgehead atoms. The van der Waals surface area contributed by atoms with Gasteiger partial charge in [0.05, 0.1) is 11.4 Å². The molecule has 1 aliphatic heterocycles. The topological polar surface area (TPSA) is 42.3 Å². The molecule has 142 valence electrons. The number of nitrogens with zero attached hydrogens (tertiary/aromatic N) is 2. The van der Waals surface area contributed by atoms with Crippen molar-refractivity contribution in [2.75, 3.05) is 0 Å². The lowest BCUT2D eigenvalue weighted by Crippen LogP contribution is -2.27. The van der Waals surface area contributed by atoms with Crippen molar-refractivity contribution >= 4 is 39.9 Å². The number of carbonyl (C=O) groups is 2. The average molecular weight is 394 g/mol. The van der Waals surface area contributed by atoms with Gasteiger partial charge in [-0.1, -0.05) is 37.3 Å². The van der Waals surface area contributed by atoms with Crippen molar-refractivity contribution in [1.82, 2.24) is 9.47 Å². The number of fused-ring (bicyclic) bond motifs is 1. The maximum atomic E-state index is 13.1. The summed E-state index contributed by atoms with van der Waals surface area (Å²) >= 11 is 0.945. The minimum atomic E-state index is -0.346. The van der Waals surface area contributed by atoms with Gasteiger partial charge in [0, 0.05) is 29.2 Å². The van der Waals surface area contributed by atoms with Crippen LogP contribution in [0.4, 0.5) is 9.18 Å². The first-order chi connectivity index (χ1) is 13.6. The number of para-hydroxylation sites is 1. The molecule has 2 aromatic carbocycles. The maximum absolute atomic E-state index is 13.1. The van der Waals surface area contributed by atoms with Gasteiger partial charge >= 0.3 is 0 Å². The Labute approximate surface area is 166 Å². The number of thioether (sulfide) groups is 1. The van der Waals surface area contributed by atoms with E-state index < -0.39 is 0 Å². The van der Waals surface area contributed by atoms with E-state index in [1.807, 2.05) is 24.4 Å². The number of benzene rings is 2. The summed E-state index contributed by atoms with van der Waals surface area (Å²) in [6.45, 7) is 3.15. The molecule has 0 spiro atoms. The van der Waals surface area contributed by atoms with E-state index in [0.29, 0.717) is 10.5 Å². The summed E-state index contributed by atoms with van der Waals surface area (Å²) in [5.41, 5.74) is 2.75. The highest BCUT2D eigenvalue weighted by atomic mass is 32.2. The van der Waals surface area contributed by atoms with E-state index in [2.05, 4.69) is 17.6 Å². The van der Waals surface area contributed by atoms with Crippen LogP contribution in [-0.2, 0) is 17.9 Å². The molecule has 1 fully saturated rings. The molecule has 2 heterocycles. The second-order valence-electron chi connectivity index (χ2n) is 6.69. The van der Waals surface area contributed by atoms with Crippen molar-refractivity contribution < 1.29 is 14.0 Å². The standard InChI is InChI=1S/C22H19FN2O2S/c1-2-11-24-14-16(18-5-3-4-6-19(18)24)12-20-21(26)25(22(27)28-20)13-15-7-9-17(23)10-8-15/h3-10,12,14H,2,11,13H2,1H3/b20-12-. The summed E-state index contributed by atoms with van der Waals surface area (Å²) in [7, 11) is 0. The molecule has 0 radical (unpaired) electrons. The first kappa shape index (κ1) is 18.5. The highest BCUT2D eigenvalue weighted by Crippen LogP contribution is 2.35. The van der Waals surface area contributed by atoms with Crippen LogP contribution in [0.15, 0.2) is 59.6 Å². The molecule has 0 aliphatic carbocycles. The Bertz CT molecular complexity index is 1090. The lowest BCUT2D eigenvalue weighted by molar-refractivity contribution is -0.123. The van der Waals surface area contributed by atoms with Crippen LogP contribution < -0.4 is 0 Å². The summed E-state index contributed by atoms with van der Waals surface area (Å²) in [5, 5.41) is 0.749. The zero-order valence-electron chi connectivity index (χ0n) is 15.4. The van der Waals surface area contributed by atoms with Crippen LogP contribution in [0.2, 0.25) is 0 Å². The molecule has 0 unspecified atom stereocenters. The largest absolute Gasteiger partial charge is 0.347 e. The Morgan fingerprint density at radius 2 is 1.82 bits per heavy atom. The van der Waals surface area contributed by atoms with Gasteiger partial charge in [-0.2, -0.15) is 0 Å². The first-order valence-electron chi connectivity index (χ1n) is 9.14. The van der Waals surface area contributed by atoms with E-state index in [-0.39, 0.29) is 23.5 Å². The lowest BCUT2D eigenvalue weighted by atomic mass is 10.1. The number of imide groups is 1. The number of amides is 2. The molecular formula is C22H19FN2O2S. The summed E-state index contributed by atoms with van der Waals surface area (Å²) in [6, 6.07) is 13.9. The number of aryl methyl sites for hydroxylation is 1. The third-order valence-corrected chi connectivity index (χ3v) is 5.61. The van der Waals surface area contributed by atoms with Crippen molar-refractivity contribution in [1.29, 1.82) is 0 Å². The molecule has 0 N–H and O–H groups in total. The number of halogens is 1. The van der Waals surface area contributed by atoms with Crippen molar-refractivity contribution in [2.45, 2.75) is 26.4 Å². The van der Waals surface area contributed by atoms with Gasteiger partial charge in [0.25, 0.3) is 11.1 Å². The van der Waals surface area contributed by atoms with Crippen LogP contribution in [0.1, 0.15) is 24.5 Å². The number of hydrogen-bond donors (Lipinski definition) is 0. The number of rotatable bonds is 5. The Kier molecular flexibility index (Phi) is 5.05. The van der Waals surface area contributed by atoms with Crippen molar-refractivity contribution in [2.24, 2.45) is 0 Å². The van der Waals surface area contributed by atoms with Crippen molar-refractivity contribution in [3.8, 4) is 0 Å². The molecule has 4 rings (SSSR count). The fourth-order valence-corrected chi connectivity index (χ4v) is 4.20. The minimum absolute atomic E-state index is 0.139. The molecule has 1 saturated heterocycles. The van der Waals surface area contributed by atoms with Gasteiger partial charge in [-0.15, -0.1) is 0 Å². The van der Waals surface area contributed by atoms with Crippen LogP contribution in [0.25, 0.3) is 17.0 Å². The molecular weight excluding hydrogens is 375 g/mol. The van der Waals surface area contributed by atoms with Gasteiger partial charge in [0.15, 0.2) is 0 Å². The molecule has 0 saturated carbocycles. The Morgan fingerprint density at radius 1 is 1.07 bits per heavy atom. The SMILES string of the molecule is CCCn1cc(/C=C2\SC(=O)N(Cc3ccc(F)cc3)C2=O)c2ccccc21. The molecule has 28 heavy (non-hydrogen) atoms. The fourth-order valence-electron chi connectivity index (χ4n) is 3.37. The maximum Gasteiger partial charge on any atom is 0.293 e. The quantitative estimate of drug-likeness (QED) is 0.542. The zero-order chi connectivity index (χ0) is 19.7. The number of carbonyl (C=O) groups excluding carboxylic acids is 2. The van der Waals surface area contributed by atoms with E-state index in [1.54, 1.807) is 18.2 Å². The van der Waals surface area contributed by atoms with E-state index in [9.17, 15) is 14.0 Å². The molecule has 0 atom stereocenters. The monoisotopic (exact) mass is 394 g/mol. The van der Waals surface area contributed by atoms with Crippen LogP contribution in [0.3, 0.4) is 0 Å². The van der Waals surface area contributed by atoms with Gasteiger partial charge in [-0.25, -0.2) is 4.39 Å². The van der Waals surface area contributed by atoms with Crippen molar-refractivity contribution in [3.05, 3.63) is 76.6 Å². The van der Waals surface area contributed by atoms with Crippen LogP contribution in [0, 0.1) is 5.82 Å². The summed E-state index contributed by atoms with van der Waals surface area (Å²) < 4.78 is 15.3. The van der Waals surface area contributed by atoms with Gasteiger partial charge < -0.3 is 4.57 Å². The third kappa shape index (κ3) is 3.47. The van der Waals surface area contributed by atoms with E-state index in [4.69, 9.17) is 0 Å². The van der Waals surface area contributed by atoms with Gasteiger partial charge in [0.2, 0.25) is 0 Å². The molecule has 2 amide bonds. The van der Waals surface area contributed by atoms with Crippen LogP contribution >= 0.6 is 11.8 Å². The Balaban J connectivity index is 1.64. The normalized spacial score (nSPS) is 15.9. The second kappa shape index (κ2) is 7.64. The number of hydrogen-bond acceptors (Lipinski definition) is 3. The predicted octanol–water partition coefficient (Wildman–Crippen LogP) is 5.43. The molecule has 1 aromatic heterocycles. The van der Waals surface area contributed by atoms with Crippen LogP contribution in [0.5, 0.6) is 0 Å². The van der Waals surface area contributed by atoms with Crippen LogP contribution in [-0.4, -0.2) is 20.6 Å². The van der Waals surface area contributed by atoms with E-state index >= 15 is 0 Å².